The molecule has 120 valence electrons. The summed E-state index contributed by atoms with van der Waals surface area (Å²) in [5.74, 6) is -0.00773. The number of nitrogens with one attached hydrogen (secondary N) is 2. The lowest BCUT2D eigenvalue weighted by atomic mass is 10.1. The SMILES string of the molecule is Cc1nc(CCNC(=O)c2ccc3c(c2)CNC3)cs1.Cl.Cl. The molecule has 1 aliphatic rings. The van der Waals surface area contributed by atoms with Crippen LogP contribution in [0.1, 0.15) is 32.2 Å². The molecular formula is C15H19Cl2N3OS. The Morgan fingerprint density at radius 1 is 1.32 bits per heavy atom. The fraction of sp³-hybridized carbons (Fsp3) is 0.333. The molecular weight excluding hydrogens is 341 g/mol. The average Bonchev–Trinajstić information content (AvgIpc) is 3.06. The highest BCUT2D eigenvalue weighted by molar-refractivity contribution is 7.09. The summed E-state index contributed by atoms with van der Waals surface area (Å²) in [7, 11) is 0. The zero-order valence-electron chi connectivity index (χ0n) is 12.2. The van der Waals surface area contributed by atoms with E-state index in [-0.39, 0.29) is 30.7 Å². The van der Waals surface area contributed by atoms with E-state index in [4.69, 9.17) is 0 Å². The minimum absolute atomic E-state index is 0. The van der Waals surface area contributed by atoms with Crippen LogP contribution in [0.15, 0.2) is 23.6 Å². The predicted molar refractivity (Wildman–Crippen MR) is 94.4 cm³/mol. The van der Waals surface area contributed by atoms with Crippen molar-refractivity contribution in [1.29, 1.82) is 0 Å². The molecule has 1 aliphatic heterocycles. The van der Waals surface area contributed by atoms with Crippen LogP contribution in [0.2, 0.25) is 0 Å². The number of aromatic nitrogens is 1. The number of benzene rings is 1. The van der Waals surface area contributed by atoms with Gasteiger partial charge in [-0.15, -0.1) is 36.2 Å². The first-order chi connectivity index (χ1) is 9.72. The van der Waals surface area contributed by atoms with Crippen LogP contribution in [0.5, 0.6) is 0 Å². The maximum absolute atomic E-state index is 12.1. The van der Waals surface area contributed by atoms with Gasteiger partial charge in [0.25, 0.3) is 5.91 Å². The molecule has 4 nitrogen and oxygen atoms in total. The van der Waals surface area contributed by atoms with E-state index < -0.39 is 0 Å². The maximum Gasteiger partial charge on any atom is 0.251 e. The van der Waals surface area contributed by atoms with E-state index in [2.05, 4.69) is 15.6 Å². The molecule has 0 aliphatic carbocycles. The van der Waals surface area contributed by atoms with Crippen molar-refractivity contribution < 1.29 is 4.79 Å². The number of halogens is 2. The summed E-state index contributed by atoms with van der Waals surface area (Å²) >= 11 is 1.64. The normalized spacial score (nSPS) is 12.0. The Bertz CT molecular complexity index is 645. The fourth-order valence-electron chi connectivity index (χ4n) is 2.37. The van der Waals surface area contributed by atoms with Gasteiger partial charge in [-0.3, -0.25) is 4.79 Å². The maximum atomic E-state index is 12.1. The highest BCUT2D eigenvalue weighted by atomic mass is 35.5. The number of amides is 1. The van der Waals surface area contributed by atoms with Crippen LogP contribution in [0.4, 0.5) is 0 Å². The lowest BCUT2D eigenvalue weighted by Gasteiger charge is -2.06. The minimum Gasteiger partial charge on any atom is -0.352 e. The van der Waals surface area contributed by atoms with E-state index >= 15 is 0 Å². The minimum atomic E-state index is -0.00773. The first kappa shape index (κ1) is 18.9. The number of hydrogen-bond donors (Lipinski definition) is 2. The third-order valence-electron chi connectivity index (χ3n) is 3.43. The van der Waals surface area contributed by atoms with Gasteiger partial charge in [-0.2, -0.15) is 0 Å². The van der Waals surface area contributed by atoms with Crippen LogP contribution in [-0.4, -0.2) is 17.4 Å². The van der Waals surface area contributed by atoms with E-state index in [1.807, 2.05) is 30.5 Å². The number of hydrogen-bond acceptors (Lipinski definition) is 4. The molecule has 3 rings (SSSR count). The zero-order chi connectivity index (χ0) is 13.9. The number of aryl methyl sites for hydroxylation is 1. The van der Waals surface area contributed by atoms with E-state index in [9.17, 15) is 4.79 Å². The Balaban J connectivity index is 0.00000121. The predicted octanol–water partition coefficient (Wildman–Crippen LogP) is 2.87. The number of carbonyl (C=O) groups is 1. The summed E-state index contributed by atoms with van der Waals surface area (Å²) in [6.07, 6.45) is 0.780. The van der Waals surface area contributed by atoms with Crippen LogP contribution in [0, 0.1) is 6.92 Å². The number of rotatable bonds is 4. The molecule has 2 N–H and O–H groups in total. The summed E-state index contributed by atoms with van der Waals surface area (Å²) in [4.78, 5) is 16.5. The van der Waals surface area contributed by atoms with Gasteiger partial charge in [0.2, 0.25) is 0 Å². The molecule has 2 aromatic rings. The Hall–Kier alpha value is -1.14. The van der Waals surface area contributed by atoms with E-state index in [0.29, 0.717) is 6.54 Å². The van der Waals surface area contributed by atoms with Gasteiger partial charge in [0, 0.05) is 37.0 Å². The lowest BCUT2D eigenvalue weighted by molar-refractivity contribution is 0.0954. The van der Waals surface area contributed by atoms with Crippen LogP contribution >= 0.6 is 36.2 Å². The van der Waals surface area contributed by atoms with Crippen molar-refractivity contribution in [2.24, 2.45) is 0 Å². The third-order valence-corrected chi connectivity index (χ3v) is 4.25. The first-order valence-electron chi connectivity index (χ1n) is 6.74. The molecule has 0 bridgehead atoms. The monoisotopic (exact) mass is 359 g/mol. The molecule has 0 saturated carbocycles. The summed E-state index contributed by atoms with van der Waals surface area (Å²) < 4.78 is 0. The van der Waals surface area contributed by atoms with Crippen LogP contribution < -0.4 is 10.6 Å². The van der Waals surface area contributed by atoms with Gasteiger partial charge >= 0.3 is 0 Å². The smallest absolute Gasteiger partial charge is 0.251 e. The lowest BCUT2D eigenvalue weighted by Crippen LogP contribution is -2.25. The fourth-order valence-corrected chi connectivity index (χ4v) is 3.01. The molecule has 0 radical (unpaired) electrons. The van der Waals surface area contributed by atoms with E-state index in [1.165, 1.54) is 11.1 Å². The van der Waals surface area contributed by atoms with Crippen molar-refractivity contribution in [3.05, 3.63) is 51.0 Å². The standard InChI is InChI=1S/C15H17N3OS.2ClH/c1-10-18-14(9-20-10)4-5-17-15(19)11-2-3-12-7-16-8-13(12)6-11;;/h2-3,6,9,16H,4-5,7-8H2,1H3,(H,17,19);2*1H. The second-order valence-electron chi connectivity index (χ2n) is 4.95. The van der Waals surface area contributed by atoms with Crippen LogP contribution in [0.25, 0.3) is 0 Å². The summed E-state index contributed by atoms with van der Waals surface area (Å²) in [5.41, 5.74) is 4.31. The van der Waals surface area contributed by atoms with E-state index in [0.717, 1.165) is 35.8 Å². The summed E-state index contributed by atoms with van der Waals surface area (Å²) in [6.45, 7) is 4.37. The van der Waals surface area contributed by atoms with Gasteiger partial charge in [-0.25, -0.2) is 4.98 Å². The quantitative estimate of drug-likeness (QED) is 0.882. The third kappa shape index (κ3) is 4.43. The average molecular weight is 360 g/mol. The Morgan fingerprint density at radius 2 is 2.09 bits per heavy atom. The molecule has 0 fully saturated rings. The van der Waals surface area contributed by atoms with Crippen molar-refractivity contribution in [2.75, 3.05) is 6.54 Å². The van der Waals surface area contributed by atoms with Crippen molar-refractivity contribution in [1.82, 2.24) is 15.6 Å². The van der Waals surface area contributed by atoms with Gasteiger partial charge in [-0.05, 0) is 30.2 Å². The molecule has 0 atom stereocenters. The Kier molecular flexibility index (Phi) is 7.29. The van der Waals surface area contributed by atoms with Crippen molar-refractivity contribution >= 4 is 42.1 Å². The number of carbonyl (C=O) groups excluding carboxylic acids is 1. The Morgan fingerprint density at radius 3 is 2.82 bits per heavy atom. The van der Waals surface area contributed by atoms with Gasteiger partial charge in [0.05, 0.1) is 10.7 Å². The molecule has 7 heteroatoms. The second kappa shape index (κ2) is 8.48. The molecule has 2 heterocycles. The number of fused-ring (bicyclic) bond motifs is 1. The molecule has 1 aromatic heterocycles. The number of nitrogens with zero attached hydrogens (tertiary/aromatic N) is 1. The molecule has 22 heavy (non-hydrogen) atoms. The zero-order valence-corrected chi connectivity index (χ0v) is 14.7. The van der Waals surface area contributed by atoms with Crippen molar-refractivity contribution in [3.8, 4) is 0 Å². The Labute approximate surface area is 146 Å². The highest BCUT2D eigenvalue weighted by Crippen LogP contribution is 2.17. The molecule has 0 saturated heterocycles. The molecule has 1 amide bonds. The summed E-state index contributed by atoms with van der Waals surface area (Å²) in [5, 5.41) is 9.35. The second-order valence-corrected chi connectivity index (χ2v) is 6.01. The first-order valence-corrected chi connectivity index (χ1v) is 7.62. The van der Waals surface area contributed by atoms with Crippen molar-refractivity contribution in [2.45, 2.75) is 26.4 Å². The largest absolute Gasteiger partial charge is 0.352 e. The van der Waals surface area contributed by atoms with Gasteiger partial charge in [-0.1, -0.05) is 6.07 Å². The van der Waals surface area contributed by atoms with Crippen molar-refractivity contribution in [3.63, 3.8) is 0 Å². The topological polar surface area (TPSA) is 54.0 Å². The van der Waals surface area contributed by atoms with Gasteiger partial charge < -0.3 is 10.6 Å². The van der Waals surface area contributed by atoms with Crippen LogP contribution in [-0.2, 0) is 19.5 Å². The van der Waals surface area contributed by atoms with E-state index in [1.54, 1.807) is 11.3 Å². The highest BCUT2D eigenvalue weighted by Gasteiger charge is 2.13. The molecule has 1 aromatic carbocycles. The number of thiazole rings is 1. The van der Waals surface area contributed by atoms with Gasteiger partial charge in [0.15, 0.2) is 0 Å². The molecule has 0 unspecified atom stereocenters. The summed E-state index contributed by atoms with van der Waals surface area (Å²) in [6, 6.07) is 5.92. The molecule has 0 spiro atoms. The van der Waals surface area contributed by atoms with Crippen LogP contribution in [0.3, 0.4) is 0 Å². The van der Waals surface area contributed by atoms with Gasteiger partial charge in [0.1, 0.15) is 0 Å².